The molecule has 37 heavy (non-hydrogen) atoms. The summed E-state index contributed by atoms with van der Waals surface area (Å²) in [6, 6.07) is 26.2. The van der Waals surface area contributed by atoms with Crippen molar-refractivity contribution in [3.63, 3.8) is 0 Å². The lowest BCUT2D eigenvalue weighted by Gasteiger charge is -2.40. The van der Waals surface area contributed by atoms with Crippen molar-refractivity contribution < 1.29 is 16.8 Å². The van der Waals surface area contributed by atoms with Gasteiger partial charge in [-0.3, -0.25) is 0 Å². The molecule has 1 fully saturated rings. The van der Waals surface area contributed by atoms with Gasteiger partial charge in [0.1, 0.15) is 0 Å². The Hall–Kier alpha value is -2.52. The molecule has 1 atom stereocenters. The predicted octanol–water partition coefficient (Wildman–Crippen LogP) is 3.99. The lowest BCUT2D eigenvalue weighted by Crippen LogP contribution is -2.46. The molecule has 0 saturated carbocycles. The molecular formula is C29H34N2O4S2. The molecule has 0 N–H and O–H groups in total. The molecule has 196 valence electrons. The minimum Gasteiger partial charge on any atom is -0.303 e. The maximum Gasteiger partial charge on any atom is 0.242 e. The van der Waals surface area contributed by atoms with Crippen molar-refractivity contribution in [2.75, 3.05) is 39.0 Å². The predicted molar refractivity (Wildman–Crippen MR) is 146 cm³/mol. The third-order valence-corrected chi connectivity index (χ3v) is 11.7. The molecule has 2 aliphatic heterocycles. The van der Waals surface area contributed by atoms with E-state index in [0.717, 1.165) is 44.5 Å². The molecule has 3 aromatic carbocycles. The van der Waals surface area contributed by atoms with Crippen LogP contribution in [0.25, 0.3) is 0 Å². The van der Waals surface area contributed by atoms with Crippen LogP contribution in [-0.4, -0.2) is 65.0 Å². The van der Waals surface area contributed by atoms with Crippen LogP contribution >= 0.6 is 0 Å². The molecule has 1 saturated heterocycles. The Morgan fingerprint density at radius 2 is 1.49 bits per heavy atom. The van der Waals surface area contributed by atoms with Crippen LogP contribution in [-0.2, 0) is 31.7 Å². The molecule has 0 aliphatic carbocycles. The number of benzene rings is 3. The monoisotopic (exact) mass is 538 g/mol. The van der Waals surface area contributed by atoms with Crippen LogP contribution in [0.3, 0.4) is 0 Å². The Balaban J connectivity index is 1.31. The van der Waals surface area contributed by atoms with Crippen molar-refractivity contribution in [2.45, 2.75) is 34.5 Å². The summed E-state index contributed by atoms with van der Waals surface area (Å²) in [6.07, 6.45) is 2.35. The minimum atomic E-state index is -3.58. The lowest BCUT2D eigenvalue weighted by atomic mass is 9.74. The van der Waals surface area contributed by atoms with E-state index in [2.05, 4.69) is 17.0 Å². The van der Waals surface area contributed by atoms with Crippen LogP contribution in [0.15, 0.2) is 94.7 Å². The van der Waals surface area contributed by atoms with E-state index in [1.165, 1.54) is 9.87 Å². The minimum absolute atomic E-state index is 0.0968. The van der Waals surface area contributed by atoms with E-state index in [1.54, 1.807) is 43.4 Å². The first-order valence-electron chi connectivity index (χ1n) is 12.8. The maximum absolute atomic E-state index is 13.2. The number of sulfonamides is 1. The largest absolute Gasteiger partial charge is 0.303 e. The molecule has 8 heteroatoms. The number of nitrogens with zero attached hydrogens (tertiary/aromatic N) is 2. The van der Waals surface area contributed by atoms with Gasteiger partial charge >= 0.3 is 0 Å². The van der Waals surface area contributed by atoms with Crippen molar-refractivity contribution in [1.29, 1.82) is 0 Å². The standard InChI is InChI=1S/C29H34N2O4S2/c1-30(37(34,35)26-12-6-3-7-13-26)21-25(20-24-10-4-2-5-11-24)22-31-18-16-29(17-19-31)23-36(32,33)28-15-9-8-14-27(28)29/h2-15,25H,16-23H2,1H3. The first-order valence-corrected chi connectivity index (χ1v) is 15.9. The molecule has 5 rings (SSSR count). The smallest absolute Gasteiger partial charge is 0.242 e. The third kappa shape index (κ3) is 5.39. The summed E-state index contributed by atoms with van der Waals surface area (Å²) < 4.78 is 53.6. The van der Waals surface area contributed by atoms with Crippen molar-refractivity contribution >= 4 is 19.9 Å². The van der Waals surface area contributed by atoms with Gasteiger partial charge < -0.3 is 4.90 Å². The van der Waals surface area contributed by atoms with Gasteiger partial charge in [0.2, 0.25) is 10.0 Å². The third-order valence-electron chi connectivity index (χ3n) is 7.92. The molecule has 1 unspecified atom stereocenters. The number of likely N-dealkylation sites (tertiary alicyclic amines) is 1. The number of fused-ring (bicyclic) bond motifs is 2. The van der Waals surface area contributed by atoms with Crippen LogP contribution in [0.5, 0.6) is 0 Å². The zero-order valence-electron chi connectivity index (χ0n) is 21.2. The summed E-state index contributed by atoms with van der Waals surface area (Å²) in [5.41, 5.74) is 1.85. The van der Waals surface area contributed by atoms with Crippen LogP contribution in [0.2, 0.25) is 0 Å². The summed E-state index contributed by atoms with van der Waals surface area (Å²) in [5.74, 6) is 0.290. The van der Waals surface area contributed by atoms with Gasteiger partial charge in [0, 0.05) is 25.6 Å². The van der Waals surface area contributed by atoms with Gasteiger partial charge in [-0.25, -0.2) is 21.1 Å². The number of rotatable bonds is 8. The first kappa shape index (κ1) is 26.1. The lowest BCUT2D eigenvalue weighted by molar-refractivity contribution is 0.143. The van der Waals surface area contributed by atoms with E-state index in [-0.39, 0.29) is 17.1 Å². The van der Waals surface area contributed by atoms with Crippen LogP contribution in [0.1, 0.15) is 24.0 Å². The van der Waals surface area contributed by atoms with E-state index >= 15 is 0 Å². The Morgan fingerprint density at radius 1 is 0.892 bits per heavy atom. The van der Waals surface area contributed by atoms with Crippen LogP contribution < -0.4 is 0 Å². The molecule has 1 spiro atoms. The fourth-order valence-corrected chi connectivity index (χ4v) is 9.51. The fourth-order valence-electron chi connectivity index (χ4n) is 6.01. The topological polar surface area (TPSA) is 74.8 Å². The number of sulfone groups is 1. The average Bonchev–Trinajstić information content (AvgIpc) is 3.12. The molecule has 0 radical (unpaired) electrons. The summed E-state index contributed by atoms with van der Waals surface area (Å²) >= 11 is 0. The van der Waals surface area contributed by atoms with Crippen molar-refractivity contribution in [2.24, 2.45) is 5.92 Å². The highest BCUT2D eigenvalue weighted by molar-refractivity contribution is 7.91. The number of piperidine rings is 1. The molecule has 3 aromatic rings. The van der Waals surface area contributed by atoms with E-state index < -0.39 is 19.9 Å². The molecule has 0 amide bonds. The second kappa shape index (κ2) is 10.3. The van der Waals surface area contributed by atoms with Gasteiger partial charge in [0.05, 0.1) is 15.5 Å². The summed E-state index contributed by atoms with van der Waals surface area (Å²) in [4.78, 5) is 3.19. The van der Waals surface area contributed by atoms with Crippen LogP contribution in [0, 0.1) is 5.92 Å². The summed E-state index contributed by atoms with van der Waals surface area (Å²) in [5, 5.41) is 0. The second-order valence-electron chi connectivity index (χ2n) is 10.5. The molecule has 6 nitrogen and oxygen atoms in total. The van der Waals surface area contributed by atoms with Gasteiger partial charge in [-0.2, -0.15) is 0 Å². The van der Waals surface area contributed by atoms with E-state index in [9.17, 15) is 16.8 Å². The highest BCUT2D eigenvalue weighted by atomic mass is 32.2. The first-order chi connectivity index (χ1) is 17.7. The Labute approximate surface area is 220 Å². The average molecular weight is 539 g/mol. The number of hydrogen-bond acceptors (Lipinski definition) is 5. The Kier molecular flexibility index (Phi) is 7.29. The summed E-state index contributed by atoms with van der Waals surface area (Å²) in [6.45, 7) is 2.76. The molecule has 2 aliphatic rings. The molecule has 0 bridgehead atoms. The SMILES string of the molecule is CN(CC(Cc1ccccc1)CN1CCC2(CC1)CS(=O)(=O)c1ccccc12)S(=O)(=O)c1ccccc1. The van der Waals surface area contributed by atoms with Crippen molar-refractivity contribution in [3.05, 3.63) is 96.1 Å². The zero-order valence-corrected chi connectivity index (χ0v) is 22.8. The van der Waals surface area contributed by atoms with E-state index in [1.807, 2.05) is 36.4 Å². The zero-order chi connectivity index (χ0) is 26.1. The highest BCUT2D eigenvalue weighted by Crippen LogP contribution is 2.46. The number of hydrogen-bond donors (Lipinski definition) is 0. The summed E-state index contributed by atoms with van der Waals surface area (Å²) in [7, 11) is -5.17. The Morgan fingerprint density at radius 3 is 2.16 bits per heavy atom. The molecule has 2 heterocycles. The van der Waals surface area contributed by atoms with Gasteiger partial charge in [-0.1, -0.05) is 66.7 Å². The quantitative estimate of drug-likeness (QED) is 0.434. The van der Waals surface area contributed by atoms with Crippen molar-refractivity contribution in [3.8, 4) is 0 Å². The maximum atomic E-state index is 13.2. The molecule has 0 aromatic heterocycles. The Bertz CT molecular complexity index is 1430. The fraction of sp³-hybridized carbons (Fsp3) is 0.379. The molecular weight excluding hydrogens is 504 g/mol. The normalized spacial score (nSPS) is 19.6. The second-order valence-corrected chi connectivity index (χ2v) is 14.5. The van der Waals surface area contributed by atoms with Crippen LogP contribution in [0.4, 0.5) is 0 Å². The van der Waals surface area contributed by atoms with Crippen molar-refractivity contribution in [1.82, 2.24) is 9.21 Å². The van der Waals surface area contributed by atoms with Gasteiger partial charge in [-0.15, -0.1) is 0 Å². The highest BCUT2D eigenvalue weighted by Gasteiger charge is 2.48. The van der Waals surface area contributed by atoms with E-state index in [0.29, 0.717) is 16.3 Å². The van der Waals surface area contributed by atoms with Gasteiger partial charge in [0.25, 0.3) is 0 Å². The van der Waals surface area contributed by atoms with E-state index in [4.69, 9.17) is 0 Å². The van der Waals surface area contributed by atoms with Gasteiger partial charge in [-0.05, 0) is 67.6 Å². The van der Waals surface area contributed by atoms with Gasteiger partial charge in [0.15, 0.2) is 9.84 Å².